The van der Waals surface area contributed by atoms with Gasteiger partial charge >= 0.3 is 0 Å². The first-order chi connectivity index (χ1) is 10.9. The summed E-state index contributed by atoms with van der Waals surface area (Å²) in [5.41, 5.74) is 1.70. The van der Waals surface area contributed by atoms with Crippen molar-refractivity contribution in [3.8, 4) is 11.8 Å². The molecule has 120 valence electrons. The smallest absolute Gasteiger partial charge is 0.255 e. The van der Waals surface area contributed by atoms with Gasteiger partial charge in [0.25, 0.3) is 5.91 Å². The number of nitrogens with zero attached hydrogens (tertiary/aromatic N) is 3. The van der Waals surface area contributed by atoms with Crippen molar-refractivity contribution in [1.82, 2.24) is 15.1 Å². The topological polar surface area (TPSA) is 70.7 Å². The van der Waals surface area contributed by atoms with Gasteiger partial charge in [-0.15, -0.1) is 0 Å². The summed E-state index contributed by atoms with van der Waals surface area (Å²) in [6.45, 7) is 5.75. The Morgan fingerprint density at radius 1 is 1.39 bits per heavy atom. The van der Waals surface area contributed by atoms with Crippen molar-refractivity contribution >= 4 is 5.91 Å². The molecule has 23 heavy (non-hydrogen) atoms. The molecule has 2 rings (SSSR count). The molecular weight excluding hydrogens is 295 g/mol. The lowest BCUT2D eigenvalue weighted by Gasteiger charge is -2.13. The SMILES string of the molecule is Cc1c(C(=O)N[C@H](C#N)CC(C)C)cnn1-c1ccc(F)cc1. The third-order valence-electron chi connectivity index (χ3n) is 3.49. The fourth-order valence-electron chi connectivity index (χ4n) is 2.33. The van der Waals surface area contributed by atoms with Crippen LogP contribution in [-0.2, 0) is 0 Å². The molecule has 5 nitrogen and oxygen atoms in total. The van der Waals surface area contributed by atoms with Gasteiger partial charge in [-0.05, 0) is 43.5 Å². The van der Waals surface area contributed by atoms with Crippen LogP contribution in [-0.4, -0.2) is 21.7 Å². The van der Waals surface area contributed by atoms with Gasteiger partial charge in [0, 0.05) is 0 Å². The second-order valence-corrected chi connectivity index (χ2v) is 5.82. The van der Waals surface area contributed by atoms with Crippen LogP contribution < -0.4 is 5.32 Å². The monoisotopic (exact) mass is 314 g/mol. The zero-order chi connectivity index (χ0) is 17.0. The molecule has 2 aromatic rings. The molecule has 0 fully saturated rings. The highest BCUT2D eigenvalue weighted by atomic mass is 19.1. The van der Waals surface area contributed by atoms with E-state index in [9.17, 15) is 9.18 Å². The van der Waals surface area contributed by atoms with Crippen LogP contribution in [0.5, 0.6) is 0 Å². The van der Waals surface area contributed by atoms with E-state index in [-0.39, 0.29) is 11.7 Å². The number of rotatable bonds is 5. The molecule has 0 unspecified atom stereocenters. The molecule has 6 heteroatoms. The van der Waals surface area contributed by atoms with Gasteiger partial charge in [0.05, 0.1) is 29.2 Å². The largest absolute Gasteiger partial charge is 0.336 e. The number of halogens is 1. The third-order valence-corrected chi connectivity index (χ3v) is 3.49. The molecule has 1 atom stereocenters. The average Bonchev–Trinajstić information content (AvgIpc) is 2.88. The van der Waals surface area contributed by atoms with Gasteiger partial charge in [-0.1, -0.05) is 13.8 Å². The summed E-state index contributed by atoms with van der Waals surface area (Å²) < 4.78 is 14.6. The standard InChI is InChI=1S/C17H19FN4O/c1-11(2)8-14(9-19)21-17(23)16-10-20-22(12(16)3)15-6-4-13(18)5-7-15/h4-7,10-11,14H,8H2,1-3H3,(H,21,23)/t14-/m0/s1. The van der Waals surface area contributed by atoms with E-state index < -0.39 is 6.04 Å². The van der Waals surface area contributed by atoms with E-state index in [2.05, 4.69) is 16.5 Å². The second-order valence-electron chi connectivity index (χ2n) is 5.82. The Morgan fingerprint density at radius 2 is 2.04 bits per heavy atom. The number of nitriles is 1. The van der Waals surface area contributed by atoms with Gasteiger partial charge in [-0.3, -0.25) is 4.79 Å². The number of aromatic nitrogens is 2. The molecule has 1 aromatic carbocycles. The van der Waals surface area contributed by atoms with E-state index in [1.54, 1.807) is 23.7 Å². The molecule has 1 heterocycles. The van der Waals surface area contributed by atoms with Gasteiger partial charge in [-0.2, -0.15) is 10.4 Å². The maximum atomic E-state index is 13.0. The first-order valence-corrected chi connectivity index (χ1v) is 7.43. The van der Waals surface area contributed by atoms with E-state index in [0.717, 1.165) is 0 Å². The Labute approximate surface area is 134 Å². The third kappa shape index (κ3) is 3.95. The lowest BCUT2D eigenvalue weighted by Crippen LogP contribution is -2.34. The van der Waals surface area contributed by atoms with E-state index in [1.165, 1.54) is 18.3 Å². The van der Waals surface area contributed by atoms with E-state index in [0.29, 0.717) is 29.3 Å². The van der Waals surface area contributed by atoms with Crippen LogP contribution in [0.2, 0.25) is 0 Å². The predicted octanol–water partition coefficient (Wildman–Crippen LogP) is 2.99. The summed E-state index contributed by atoms with van der Waals surface area (Å²) >= 11 is 0. The molecule has 1 aromatic heterocycles. The molecular formula is C17H19FN4O. The van der Waals surface area contributed by atoms with E-state index in [4.69, 9.17) is 5.26 Å². The normalized spacial score (nSPS) is 12.0. The van der Waals surface area contributed by atoms with Crippen molar-refractivity contribution < 1.29 is 9.18 Å². The highest BCUT2D eigenvalue weighted by molar-refractivity contribution is 5.95. The Bertz CT molecular complexity index is 728. The van der Waals surface area contributed by atoms with Crippen molar-refractivity contribution in [1.29, 1.82) is 5.26 Å². The lowest BCUT2D eigenvalue weighted by molar-refractivity contribution is 0.0941. The minimum absolute atomic E-state index is 0.308. The van der Waals surface area contributed by atoms with Crippen LogP contribution in [0, 0.1) is 30.0 Å². The summed E-state index contributed by atoms with van der Waals surface area (Å²) in [6, 6.07) is 7.42. The van der Waals surface area contributed by atoms with Crippen LogP contribution in [0.25, 0.3) is 5.69 Å². The molecule has 0 aliphatic carbocycles. The average molecular weight is 314 g/mol. The Kier molecular flexibility index (Phi) is 5.12. The molecule has 0 aliphatic rings. The molecule has 0 saturated heterocycles. The van der Waals surface area contributed by atoms with Crippen molar-refractivity contribution in [2.45, 2.75) is 33.2 Å². The summed E-state index contributed by atoms with van der Waals surface area (Å²) in [6.07, 6.45) is 2.05. The van der Waals surface area contributed by atoms with Crippen molar-refractivity contribution in [3.63, 3.8) is 0 Å². The Morgan fingerprint density at radius 3 is 2.61 bits per heavy atom. The second kappa shape index (κ2) is 7.05. The molecule has 0 saturated carbocycles. The van der Waals surface area contributed by atoms with E-state index in [1.807, 2.05) is 13.8 Å². The number of nitrogens with one attached hydrogen (secondary N) is 1. The number of hydrogen-bond acceptors (Lipinski definition) is 3. The number of amides is 1. The number of hydrogen-bond donors (Lipinski definition) is 1. The quantitative estimate of drug-likeness (QED) is 0.922. The van der Waals surface area contributed by atoms with Gasteiger partial charge in [0.2, 0.25) is 0 Å². The van der Waals surface area contributed by atoms with E-state index >= 15 is 0 Å². The van der Waals surface area contributed by atoms with Crippen LogP contribution in [0.3, 0.4) is 0 Å². The number of carbonyl (C=O) groups excluding carboxylic acids is 1. The van der Waals surface area contributed by atoms with Crippen molar-refractivity contribution in [2.24, 2.45) is 5.92 Å². The van der Waals surface area contributed by atoms with Crippen LogP contribution in [0.15, 0.2) is 30.5 Å². The zero-order valence-corrected chi connectivity index (χ0v) is 13.4. The van der Waals surface area contributed by atoms with Crippen molar-refractivity contribution in [3.05, 3.63) is 47.5 Å². The minimum Gasteiger partial charge on any atom is -0.336 e. The summed E-state index contributed by atoms with van der Waals surface area (Å²) in [7, 11) is 0. The fourth-order valence-corrected chi connectivity index (χ4v) is 2.33. The fraction of sp³-hybridized carbons (Fsp3) is 0.353. The summed E-state index contributed by atoms with van der Waals surface area (Å²) in [4.78, 5) is 12.3. The minimum atomic E-state index is -0.531. The summed E-state index contributed by atoms with van der Waals surface area (Å²) in [5.74, 6) is -0.354. The zero-order valence-electron chi connectivity index (χ0n) is 13.4. The molecule has 1 N–H and O–H groups in total. The van der Waals surface area contributed by atoms with Crippen LogP contribution in [0.1, 0.15) is 36.3 Å². The maximum Gasteiger partial charge on any atom is 0.255 e. The van der Waals surface area contributed by atoms with Gasteiger partial charge in [-0.25, -0.2) is 9.07 Å². The molecule has 1 amide bonds. The Hall–Kier alpha value is -2.68. The maximum absolute atomic E-state index is 13.0. The van der Waals surface area contributed by atoms with Crippen LogP contribution >= 0.6 is 0 Å². The summed E-state index contributed by atoms with van der Waals surface area (Å²) in [5, 5.41) is 16.0. The molecule has 0 radical (unpaired) electrons. The van der Waals surface area contributed by atoms with Gasteiger partial charge < -0.3 is 5.32 Å². The highest BCUT2D eigenvalue weighted by Crippen LogP contribution is 2.15. The van der Waals surface area contributed by atoms with Gasteiger partial charge in [0.1, 0.15) is 11.9 Å². The number of benzene rings is 1. The van der Waals surface area contributed by atoms with Crippen LogP contribution in [0.4, 0.5) is 4.39 Å². The predicted molar refractivity (Wildman–Crippen MR) is 84.6 cm³/mol. The molecule has 0 spiro atoms. The molecule has 0 aliphatic heterocycles. The first kappa shape index (κ1) is 16.7. The van der Waals surface area contributed by atoms with Crippen molar-refractivity contribution in [2.75, 3.05) is 0 Å². The highest BCUT2D eigenvalue weighted by Gasteiger charge is 2.19. The lowest BCUT2D eigenvalue weighted by atomic mass is 10.0. The first-order valence-electron chi connectivity index (χ1n) is 7.43. The molecule has 0 bridgehead atoms. The number of carbonyl (C=O) groups is 1. The van der Waals surface area contributed by atoms with Gasteiger partial charge in [0.15, 0.2) is 0 Å². The Balaban J connectivity index is 2.20.